The summed E-state index contributed by atoms with van der Waals surface area (Å²) < 4.78 is 10.2. The highest BCUT2D eigenvalue weighted by Gasteiger charge is 2.08. The Hall–Kier alpha value is -2.34. The summed E-state index contributed by atoms with van der Waals surface area (Å²) in [4.78, 5) is 8.37. The highest BCUT2D eigenvalue weighted by atomic mass is 16.5. The van der Waals surface area contributed by atoms with Gasteiger partial charge in [0.25, 0.3) is 0 Å². The van der Waals surface area contributed by atoms with Gasteiger partial charge in [0.15, 0.2) is 0 Å². The molecule has 0 aliphatic carbocycles. The summed E-state index contributed by atoms with van der Waals surface area (Å²) in [6.07, 6.45) is 0. The number of nitrogens with one attached hydrogen (secondary N) is 1. The molecule has 0 amide bonds. The number of rotatable bonds is 6. The summed E-state index contributed by atoms with van der Waals surface area (Å²) in [7, 11) is 3.09. The van der Waals surface area contributed by atoms with Crippen LogP contribution in [0.2, 0.25) is 0 Å². The third-order valence-electron chi connectivity index (χ3n) is 2.81. The first-order chi connectivity index (χ1) is 9.72. The number of hydrogen-bond acceptors (Lipinski definition) is 6. The Balaban J connectivity index is 2.03. The molecule has 1 heterocycles. The predicted octanol–water partition coefficient (Wildman–Crippen LogP) is 1.61. The number of anilines is 1. The van der Waals surface area contributed by atoms with Crippen molar-refractivity contribution in [3.05, 3.63) is 42.0 Å². The van der Waals surface area contributed by atoms with Gasteiger partial charge in [-0.25, -0.2) is 0 Å². The molecule has 1 atom stereocenters. The van der Waals surface area contributed by atoms with E-state index in [2.05, 4.69) is 15.3 Å². The summed E-state index contributed by atoms with van der Waals surface area (Å²) in [6, 6.07) is 11.3. The summed E-state index contributed by atoms with van der Waals surface area (Å²) in [6.45, 7) is 0.514. The average Bonchev–Trinajstić information content (AvgIpc) is 2.53. The van der Waals surface area contributed by atoms with Gasteiger partial charge in [-0.05, 0) is 5.56 Å². The molecule has 0 spiro atoms. The molecule has 2 aromatic rings. The number of ether oxygens (including phenoxy) is 2. The quantitative estimate of drug-likeness (QED) is 0.832. The number of aromatic nitrogens is 2. The van der Waals surface area contributed by atoms with Gasteiger partial charge in [-0.15, -0.1) is 0 Å². The van der Waals surface area contributed by atoms with Crippen LogP contribution < -0.4 is 20.5 Å². The summed E-state index contributed by atoms with van der Waals surface area (Å²) >= 11 is 0. The van der Waals surface area contributed by atoms with Gasteiger partial charge < -0.3 is 20.5 Å². The number of benzene rings is 1. The van der Waals surface area contributed by atoms with E-state index >= 15 is 0 Å². The first-order valence-electron chi connectivity index (χ1n) is 6.24. The largest absolute Gasteiger partial charge is 0.481 e. The van der Waals surface area contributed by atoms with Crippen molar-refractivity contribution in [2.24, 2.45) is 5.73 Å². The van der Waals surface area contributed by atoms with Crippen molar-refractivity contribution in [3.63, 3.8) is 0 Å². The fourth-order valence-corrected chi connectivity index (χ4v) is 1.71. The normalized spacial score (nSPS) is 11.8. The van der Waals surface area contributed by atoms with Crippen molar-refractivity contribution < 1.29 is 9.47 Å². The van der Waals surface area contributed by atoms with Crippen molar-refractivity contribution in [2.45, 2.75) is 6.04 Å². The van der Waals surface area contributed by atoms with Gasteiger partial charge >= 0.3 is 0 Å². The lowest BCUT2D eigenvalue weighted by Crippen LogP contribution is -2.21. The second-order valence-corrected chi connectivity index (χ2v) is 4.17. The molecule has 0 saturated heterocycles. The van der Waals surface area contributed by atoms with E-state index in [4.69, 9.17) is 15.2 Å². The van der Waals surface area contributed by atoms with Crippen LogP contribution in [0.4, 0.5) is 5.95 Å². The lowest BCUT2D eigenvalue weighted by atomic mass is 10.1. The number of methoxy groups -OCH3 is 2. The first kappa shape index (κ1) is 14.1. The van der Waals surface area contributed by atoms with E-state index in [0.29, 0.717) is 24.3 Å². The average molecular weight is 274 g/mol. The number of nitrogens with two attached hydrogens (primary N) is 1. The van der Waals surface area contributed by atoms with E-state index in [0.717, 1.165) is 5.56 Å². The Bertz CT molecular complexity index is 526. The van der Waals surface area contributed by atoms with E-state index in [1.165, 1.54) is 0 Å². The van der Waals surface area contributed by atoms with Crippen LogP contribution in [0.5, 0.6) is 11.8 Å². The van der Waals surface area contributed by atoms with Gasteiger partial charge in [0.2, 0.25) is 17.7 Å². The van der Waals surface area contributed by atoms with E-state index in [9.17, 15) is 0 Å². The zero-order chi connectivity index (χ0) is 14.4. The summed E-state index contributed by atoms with van der Waals surface area (Å²) in [5, 5.41) is 3.09. The number of hydrogen-bond donors (Lipinski definition) is 2. The molecule has 0 aliphatic rings. The monoisotopic (exact) mass is 274 g/mol. The second kappa shape index (κ2) is 6.72. The topological polar surface area (TPSA) is 82.3 Å². The molecule has 6 heteroatoms. The van der Waals surface area contributed by atoms with Crippen molar-refractivity contribution >= 4 is 5.95 Å². The predicted molar refractivity (Wildman–Crippen MR) is 77.0 cm³/mol. The SMILES string of the molecule is COc1cc(OC)nc(NCC(N)c2ccccc2)n1. The van der Waals surface area contributed by atoms with Crippen LogP contribution in [-0.4, -0.2) is 30.7 Å². The van der Waals surface area contributed by atoms with Crippen LogP contribution in [0.1, 0.15) is 11.6 Å². The molecular formula is C14H18N4O2. The first-order valence-corrected chi connectivity index (χ1v) is 6.24. The minimum absolute atomic E-state index is 0.142. The Labute approximate surface area is 118 Å². The molecule has 0 fully saturated rings. The molecule has 2 rings (SSSR count). The third-order valence-corrected chi connectivity index (χ3v) is 2.81. The van der Waals surface area contributed by atoms with Crippen molar-refractivity contribution in [2.75, 3.05) is 26.1 Å². The number of nitrogens with zero attached hydrogens (tertiary/aromatic N) is 2. The molecule has 0 radical (unpaired) electrons. The highest BCUT2D eigenvalue weighted by molar-refractivity contribution is 5.34. The van der Waals surface area contributed by atoms with Crippen LogP contribution in [0.15, 0.2) is 36.4 Å². The molecule has 6 nitrogen and oxygen atoms in total. The molecular weight excluding hydrogens is 256 g/mol. The highest BCUT2D eigenvalue weighted by Crippen LogP contribution is 2.18. The fourth-order valence-electron chi connectivity index (χ4n) is 1.71. The molecule has 3 N–H and O–H groups in total. The van der Waals surface area contributed by atoms with Crippen LogP contribution in [0, 0.1) is 0 Å². The van der Waals surface area contributed by atoms with Gasteiger partial charge in [0.05, 0.1) is 20.3 Å². The molecule has 1 aromatic heterocycles. The second-order valence-electron chi connectivity index (χ2n) is 4.17. The minimum atomic E-state index is -0.142. The van der Waals surface area contributed by atoms with Crippen LogP contribution in [-0.2, 0) is 0 Å². The molecule has 20 heavy (non-hydrogen) atoms. The van der Waals surface area contributed by atoms with Crippen molar-refractivity contribution in [3.8, 4) is 11.8 Å². The van der Waals surface area contributed by atoms with Gasteiger partial charge in [-0.2, -0.15) is 9.97 Å². The van der Waals surface area contributed by atoms with Crippen LogP contribution in [0.3, 0.4) is 0 Å². The molecule has 0 aliphatic heterocycles. The summed E-state index contributed by atoms with van der Waals surface area (Å²) in [5.74, 6) is 1.30. The zero-order valence-corrected chi connectivity index (χ0v) is 11.5. The molecule has 106 valence electrons. The minimum Gasteiger partial charge on any atom is -0.481 e. The van der Waals surface area contributed by atoms with Gasteiger partial charge in [-0.1, -0.05) is 30.3 Å². The Morgan fingerprint density at radius 1 is 1.10 bits per heavy atom. The molecule has 0 bridgehead atoms. The van der Waals surface area contributed by atoms with Crippen LogP contribution in [0.25, 0.3) is 0 Å². The van der Waals surface area contributed by atoms with E-state index in [1.807, 2.05) is 30.3 Å². The summed E-state index contributed by atoms with van der Waals surface area (Å²) in [5.41, 5.74) is 7.15. The Morgan fingerprint density at radius 2 is 1.70 bits per heavy atom. The maximum Gasteiger partial charge on any atom is 0.229 e. The lowest BCUT2D eigenvalue weighted by Gasteiger charge is -2.13. The van der Waals surface area contributed by atoms with Gasteiger partial charge in [0, 0.05) is 12.6 Å². The zero-order valence-electron chi connectivity index (χ0n) is 11.5. The van der Waals surface area contributed by atoms with E-state index in [1.54, 1.807) is 20.3 Å². The molecule has 1 aromatic carbocycles. The standard InChI is InChI=1S/C14H18N4O2/c1-19-12-8-13(20-2)18-14(17-12)16-9-11(15)10-6-4-3-5-7-10/h3-8,11H,9,15H2,1-2H3,(H,16,17,18). The van der Waals surface area contributed by atoms with E-state index in [-0.39, 0.29) is 6.04 Å². The van der Waals surface area contributed by atoms with Crippen molar-refractivity contribution in [1.29, 1.82) is 0 Å². The maximum atomic E-state index is 6.10. The van der Waals surface area contributed by atoms with E-state index < -0.39 is 0 Å². The van der Waals surface area contributed by atoms with Gasteiger partial charge in [-0.3, -0.25) is 0 Å². The van der Waals surface area contributed by atoms with Crippen molar-refractivity contribution in [1.82, 2.24) is 9.97 Å². The molecule has 1 unspecified atom stereocenters. The smallest absolute Gasteiger partial charge is 0.229 e. The van der Waals surface area contributed by atoms with Gasteiger partial charge in [0.1, 0.15) is 0 Å². The lowest BCUT2D eigenvalue weighted by molar-refractivity contribution is 0.372. The Kier molecular flexibility index (Phi) is 4.73. The molecule has 0 saturated carbocycles. The third kappa shape index (κ3) is 3.58. The fraction of sp³-hybridized carbons (Fsp3) is 0.286. The Morgan fingerprint density at radius 3 is 2.25 bits per heavy atom. The van der Waals surface area contributed by atoms with Crippen LogP contribution >= 0.6 is 0 Å². The maximum absolute atomic E-state index is 6.10.